The number of aryl methyl sites for hydroxylation is 1. The van der Waals surface area contributed by atoms with Gasteiger partial charge in [-0.15, -0.1) is 11.3 Å². The summed E-state index contributed by atoms with van der Waals surface area (Å²) in [5.74, 6) is 2.29. The lowest BCUT2D eigenvalue weighted by molar-refractivity contribution is 0.134. The van der Waals surface area contributed by atoms with Crippen molar-refractivity contribution >= 4 is 21.6 Å². The monoisotopic (exact) mass is 345 g/mol. The van der Waals surface area contributed by atoms with Crippen molar-refractivity contribution in [1.29, 1.82) is 0 Å². The molecular formula is C19H27N3OS. The van der Waals surface area contributed by atoms with E-state index in [9.17, 15) is 4.79 Å². The number of hydrogen-bond donors (Lipinski definition) is 1. The van der Waals surface area contributed by atoms with Gasteiger partial charge in [0.1, 0.15) is 10.7 Å². The Balaban J connectivity index is 1.71. The maximum atomic E-state index is 12.8. The normalized spacial score (nSPS) is 26.5. The molecule has 1 N–H and O–H groups in total. The fourth-order valence-corrected chi connectivity index (χ4v) is 5.70. The summed E-state index contributed by atoms with van der Waals surface area (Å²) < 4.78 is 0. The van der Waals surface area contributed by atoms with Crippen LogP contribution in [-0.4, -0.2) is 28.0 Å². The summed E-state index contributed by atoms with van der Waals surface area (Å²) >= 11 is 1.75. The molecule has 4 nitrogen and oxygen atoms in total. The van der Waals surface area contributed by atoms with Gasteiger partial charge in [-0.05, 0) is 63.0 Å². The molecule has 3 heterocycles. The first-order chi connectivity index (χ1) is 11.5. The molecule has 1 aliphatic heterocycles. The number of aromatic nitrogens is 2. The molecule has 0 saturated carbocycles. The largest absolute Gasteiger partial charge is 0.309 e. The van der Waals surface area contributed by atoms with Crippen LogP contribution in [-0.2, 0) is 12.8 Å². The average molecular weight is 346 g/mol. The zero-order valence-corrected chi connectivity index (χ0v) is 15.7. The highest BCUT2D eigenvalue weighted by Gasteiger charge is 2.26. The second-order valence-corrected chi connectivity index (χ2v) is 8.99. The molecule has 24 heavy (non-hydrogen) atoms. The van der Waals surface area contributed by atoms with Gasteiger partial charge >= 0.3 is 0 Å². The molecule has 4 rings (SSSR count). The SMILES string of the molecule is C[C@H]1CCc2c(sc3nc([C@H](C)N4CCC[C@H](C)C4)[nH]c(=O)c23)C1. The number of piperidine rings is 1. The number of thiophene rings is 1. The van der Waals surface area contributed by atoms with Crippen LogP contribution >= 0.6 is 11.3 Å². The first-order valence-corrected chi connectivity index (χ1v) is 10.1. The smallest absolute Gasteiger partial charge is 0.259 e. The molecule has 5 heteroatoms. The van der Waals surface area contributed by atoms with Gasteiger partial charge in [0.25, 0.3) is 5.56 Å². The average Bonchev–Trinajstić information content (AvgIpc) is 2.91. The van der Waals surface area contributed by atoms with E-state index >= 15 is 0 Å². The van der Waals surface area contributed by atoms with Crippen LogP contribution in [0.1, 0.15) is 62.3 Å². The third-order valence-electron chi connectivity index (χ3n) is 5.82. The zero-order chi connectivity index (χ0) is 16.8. The van der Waals surface area contributed by atoms with Crippen LogP contribution in [0.2, 0.25) is 0 Å². The first kappa shape index (κ1) is 16.3. The summed E-state index contributed by atoms with van der Waals surface area (Å²) in [6, 6.07) is 0.183. The van der Waals surface area contributed by atoms with Crippen molar-refractivity contribution in [1.82, 2.24) is 14.9 Å². The maximum absolute atomic E-state index is 12.8. The molecule has 1 fully saturated rings. The van der Waals surface area contributed by atoms with Crippen molar-refractivity contribution in [3.05, 3.63) is 26.6 Å². The van der Waals surface area contributed by atoms with Crippen LogP contribution in [0.5, 0.6) is 0 Å². The predicted molar refractivity (Wildman–Crippen MR) is 99.8 cm³/mol. The second-order valence-electron chi connectivity index (χ2n) is 7.90. The molecule has 3 atom stereocenters. The highest BCUT2D eigenvalue weighted by molar-refractivity contribution is 7.18. The van der Waals surface area contributed by atoms with Gasteiger partial charge in [0, 0.05) is 11.4 Å². The molecule has 0 radical (unpaired) electrons. The quantitative estimate of drug-likeness (QED) is 0.898. The van der Waals surface area contributed by atoms with Gasteiger partial charge in [-0.3, -0.25) is 9.69 Å². The highest BCUT2D eigenvalue weighted by Crippen LogP contribution is 2.36. The lowest BCUT2D eigenvalue weighted by Gasteiger charge is -2.34. The molecule has 0 bridgehead atoms. The summed E-state index contributed by atoms with van der Waals surface area (Å²) in [5.41, 5.74) is 1.34. The number of nitrogens with one attached hydrogen (secondary N) is 1. The Morgan fingerprint density at radius 3 is 2.92 bits per heavy atom. The number of hydrogen-bond acceptors (Lipinski definition) is 4. The van der Waals surface area contributed by atoms with Crippen LogP contribution in [0, 0.1) is 11.8 Å². The Kier molecular flexibility index (Phi) is 4.25. The lowest BCUT2D eigenvalue weighted by atomic mass is 9.89. The minimum Gasteiger partial charge on any atom is -0.309 e. The number of aromatic amines is 1. The van der Waals surface area contributed by atoms with Crippen molar-refractivity contribution in [3.63, 3.8) is 0 Å². The Morgan fingerprint density at radius 2 is 2.12 bits per heavy atom. The van der Waals surface area contributed by atoms with Crippen molar-refractivity contribution in [2.45, 2.75) is 58.9 Å². The van der Waals surface area contributed by atoms with E-state index in [2.05, 4.69) is 30.7 Å². The lowest BCUT2D eigenvalue weighted by Crippen LogP contribution is -2.37. The van der Waals surface area contributed by atoms with E-state index in [1.54, 1.807) is 11.3 Å². The van der Waals surface area contributed by atoms with Crippen molar-refractivity contribution in [3.8, 4) is 0 Å². The number of rotatable bonds is 2. The molecule has 2 aliphatic rings. The number of nitrogens with zero attached hydrogens (tertiary/aromatic N) is 2. The highest BCUT2D eigenvalue weighted by atomic mass is 32.1. The van der Waals surface area contributed by atoms with Crippen LogP contribution < -0.4 is 5.56 Å². The second kappa shape index (κ2) is 6.26. The maximum Gasteiger partial charge on any atom is 0.259 e. The van der Waals surface area contributed by atoms with E-state index < -0.39 is 0 Å². The van der Waals surface area contributed by atoms with Gasteiger partial charge in [-0.25, -0.2) is 4.98 Å². The fourth-order valence-electron chi connectivity index (χ4n) is 4.31. The van der Waals surface area contributed by atoms with E-state index in [-0.39, 0.29) is 11.6 Å². The molecule has 0 unspecified atom stereocenters. The van der Waals surface area contributed by atoms with Crippen LogP contribution in [0.25, 0.3) is 10.2 Å². The number of fused-ring (bicyclic) bond motifs is 3. The van der Waals surface area contributed by atoms with E-state index in [0.717, 1.165) is 53.8 Å². The summed E-state index contributed by atoms with van der Waals surface area (Å²) in [5, 5.41) is 0.866. The van der Waals surface area contributed by atoms with Crippen LogP contribution in [0.4, 0.5) is 0 Å². The summed E-state index contributed by atoms with van der Waals surface area (Å²) in [7, 11) is 0. The Labute approximate surface area is 147 Å². The van der Waals surface area contributed by atoms with Gasteiger partial charge < -0.3 is 4.98 Å². The van der Waals surface area contributed by atoms with E-state index in [1.807, 2.05) is 0 Å². The third kappa shape index (κ3) is 2.82. The number of likely N-dealkylation sites (tertiary alicyclic amines) is 1. The Bertz CT molecular complexity index is 809. The third-order valence-corrected chi connectivity index (χ3v) is 6.96. The Morgan fingerprint density at radius 1 is 1.29 bits per heavy atom. The standard InChI is InChI=1S/C19H27N3OS/c1-11-6-7-14-15(9-11)24-19-16(14)18(23)20-17(21-19)13(3)22-8-4-5-12(2)10-22/h11-13H,4-10H2,1-3H3,(H,20,21,23)/t11-,12-,13-/m0/s1. The first-order valence-electron chi connectivity index (χ1n) is 9.31. The van der Waals surface area contributed by atoms with Crippen LogP contribution in [0.15, 0.2) is 4.79 Å². The minimum atomic E-state index is 0.0685. The summed E-state index contributed by atoms with van der Waals surface area (Å²) in [6.07, 6.45) is 5.86. The van der Waals surface area contributed by atoms with Gasteiger partial charge in [-0.2, -0.15) is 0 Å². The Hall–Kier alpha value is -1.20. The molecule has 130 valence electrons. The predicted octanol–water partition coefficient (Wildman–Crippen LogP) is 3.90. The van der Waals surface area contributed by atoms with Gasteiger partial charge in [0.15, 0.2) is 0 Å². The summed E-state index contributed by atoms with van der Waals surface area (Å²) in [4.78, 5) is 25.6. The molecular weight excluding hydrogens is 318 g/mol. The molecule has 1 saturated heterocycles. The molecule has 2 aromatic heterocycles. The van der Waals surface area contributed by atoms with Crippen molar-refractivity contribution in [2.75, 3.05) is 13.1 Å². The summed E-state index contributed by atoms with van der Waals surface area (Å²) in [6.45, 7) is 8.99. The number of H-pyrrole nitrogens is 1. The van der Waals surface area contributed by atoms with Crippen molar-refractivity contribution < 1.29 is 0 Å². The van der Waals surface area contributed by atoms with Crippen molar-refractivity contribution in [2.24, 2.45) is 11.8 Å². The van der Waals surface area contributed by atoms with E-state index in [4.69, 9.17) is 4.98 Å². The topological polar surface area (TPSA) is 49.0 Å². The van der Waals surface area contributed by atoms with Gasteiger partial charge in [0.2, 0.25) is 0 Å². The minimum absolute atomic E-state index is 0.0685. The van der Waals surface area contributed by atoms with E-state index in [1.165, 1.54) is 29.7 Å². The molecule has 0 spiro atoms. The fraction of sp³-hybridized carbons (Fsp3) is 0.684. The molecule has 1 aliphatic carbocycles. The van der Waals surface area contributed by atoms with Crippen LogP contribution in [0.3, 0.4) is 0 Å². The van der Waals surface area contributed by atoms with E-state index in [0.29, 0.717) is 0 Å². The zero-order valence-electron chi connectivity index (χ0n) is 14.9. The van der Waals surface area contributed by atoms with Gasteiger partial charge in [-0.1, -0.05) is 13.8 Å². The molecule has 0 amide bonds. The van der Waals surface area contributed by atoms with Gasteiger partial charge in [0.05, 0.1) is 11.4 Å². The molecule has 0 aromatic carbocycles. The molecule has 2 aromatic rings.